The molecule has 9 heteroatoms. The summed E-state index contributed by atoms with van der Waals surface area (Å²) in [5.41, 5.74) is 1.23. The van der Waals surface area contributed by atoms with Gasteiger partial charge < -0.3 is 4.57 Å². The van der Waals surface area contributed by atoms with Crippen molar-refractivity contribution in [3.8, 4) is 0 Å². The highest BCUT2D eigenvalue weighted by Crippen LogP contribution is 2.22. The topological polar surface area (TPSA) is 71.7 Å². The summed E-state index contributed by atoms with van der Waals surface area (Å²) in [7, 11) is -2.02. The van der Waals surface area contributed by atoms with E-state index in [2.05, 4.69) is 11.6 Å². The lowest BCUT2D eigenvalue weighted by Gasteiger charge is -2.16. The minimum atomic E-state index is -3.58. The predicted octanol–water partition coefficient (Wildman–Crippen LogP) is 4.70. The molecule has 0 bridgehead atoms. The average Bonchev–Trinajstić information content (AvgIpc) is 3.08. The highest BCUT2D eigenvalue weighted by molar-refractivity contribution is 7.89. The number of halogens is 1. The van der Waals surface area contributed by atoms with Gasteiger partial charge in [-0.05, 0) is 48.9 Å². The molecule has 0 unspecified atom stereocenters. The van der Waals surface area contributed by atoms with Crippen molar-refractivity contribution >= 4 is 49.1 Å². The number of carbonyl (C=O) groups excluding carboxylic acids is 1. The maximum atomic E-state index is 12.8. The zero-order valence-corrected chi connectivity index (χ0v) is 19.8. The Labute approximate surface area is 191 Å². The van der Waals surface area contributed by atoms with Crippen molar-refractivity contribution in [3.05, 3.63) is 70.5 Å². The second kappa shape index (κ2) is 9.91. The molecule has 164 valence electrons. The third kappa shape index (κ3) is 5.15. The number of carbonyl (C=O) groups is 1. The van der Waals surface area contributed by atoms with Crippen LogP contribution >= 0.6 is 22.9 Å². The molecule has 0 spiro atoms. The minimum absolute atomic E-state index is 0.154. The number of unbranched alkanes of at least 4 members (excludes halogenated alkanes) is 1. The van der Waals surface area contributed by atoms with Crippen LogP contribution in [0.4, 0.5) is 0 Å². The predicted molar refractivity (Wildman–Crippen MR) is 126 cm³/mol. The van der Waals surface area contributed by atoms with E-state index in [1.807, 2.05) is 23.6 Å². The first-order valence-electron chi connectivity index (χ1n) is 9.83. The molecule has 31 heavy (non-hydrogen) atoms. The fourth-order valence-electron chi connectivity index (χ4n) is 3.04. The van der Waals surface area contributed by atoms with Gasteiger partial charge in [-0.1, -0.05) is 42.4 Å². The summed E-state index contributed by atoms with van der Waals surface area (Å²) >= 11 is 7.45. The van der Waals surface area contributed by atoms with Crippen LogP contribution in [0.3, 0.4) is 0 Å². The molecule has 1 heterocycles. The molecular formula is C22H24ClN3O3S2. The van der Waals surface area contributed by atoms with E-state index in [1.54, 1.807) is 19.2 Å². The molecule has 1 aromatic heterocycles. The molecule has 2 aromatic carbocycles. The van der Waals surface area contributed by atoms with Gasteiger partial charge in [-0.15, -0.1) is 6.58 Å². The Kier molecular flexibility index (Phi) is 7.48. The first kappa shape index (κ1) is 23.4. The van der Waals surface area contributed by atoms with Crippen LogP contribution in [0.25, 0.3) is 10.2 Å². The maximum absolute atomic E-state index is 12.8. The Bertz CT molecular complexity index is 1280. The number of nitrogens with zero attached hydrogens (tertiary/aromatic N) is 3. The summed E-state index contributed by atoms with van der Waals surface area (Å²) in [6.45, 7) is 6.73. The summed E-state index contributed by atoms with van der Waals surface area (Å²) in [5.74, 6) is -0.446. The molecule has 0 aliphatic carbocycles. The summed E-state index contributed by atoms with van der Waals surface area (Å²) in [6, 6.07) is 11.4. The zero-order valence-electron chi connectivity index (χ0n) is 17.4. The molecule has 0 aliphatic heterocycles. The van der Waals surface area contributed by atoms with Gasteiger partial charge in [0.1, 0.15) is 0 Å². The number of rotatable bonds is 8. The fourth-order valence-corrected chi connectivity index (χ4v) is 5.56. The number of aromatic nitrogens is 1. The number of thiazole rings is 1. The Balaban J connectivity index is 1.93. The molecular weight excluding hydrogens is 454 g/mol. The number of sulfonamides is 1. The van der Waals surface area contributed by atoms with Gasteiger partial charge in [-0.25, -0.2) is 12.7 Å². The highest BCUT2D eigenvalue weighted by atomic mass is 35.5. The van der Waals surface area contributed by atoms with Crippen LogP contribution in [0.1, 0.15) is 30.1 Å². The smallest absolute Gasteiger partial charge is 0.279 e. The lowest BCUT2D eigenvalue weighted by molar-refractivity contribution is 0.0998. The molecule has 0 N–H and O–H groups in total. The van der Waals surface area contributed by atoms with Crippen LogP contribution in [0.5, 0.6) is 0 Å². The monoisotopic (exact) mass is 477 g/mol. The molecule has 0 radical (unpaired) electrons. The Morgan fingerprint density at radius 2 is 1.97 bits per heavy atom. The molecule has 0 aliphatic rings. The van der Waals surface area contributed by atoms with Crippen molar-refractivity contribution in [1.82, 2.24) is 8.87 Å². The van der Waals surface area contributed by atoms with Gasteiger partial charge in [-0.3, -0.25) is 4.79 Å². The van der Waals surface area contributed by atoms with Crippen LogP contribution in [-0.2, 0) is 16.6 Å². The zero-order chi connectivity index (χ0) is 22.6. The number of amides is 1. The van der Waals surface area contributed by atoms with Crippen molar-refractivity contribution in [3.63, 3.8) is 0 Å². The van der Waals surface area contributed by atoms with Crippen LogP contribution in [0.15, 0.2) is 65.0 Å². The highest BCUT2D eigenvalue weighted by Gasteiger charge is 2.20. The van der Waals surface area contributed by atoms with Crippen molar-refractivity contribution < 1.29 is 13.2 Å². The van der Waals surface area contributed by atoms with E-state index in [4.69, 9.17) is 11.6 Å². The molecule has 0 saturated heterocycles. The summed E-state index contributed by atoms with van der Waals surface area (Å²) in [4.78, 5) is 17.7. The van der Waals surface area contributed by atoms with E-state index in [1.165, 1.54) is 39.9 Å². The summed E-state index contributed by atoms with van der Waals surface area (Å²) in [5, 5.41) is 0.609. The Morgan fingerprint density at radius 1 is 1.26 bits per heavy atom. The molecule has 0 fully saturated rings. The number of fused-ring (bicyclic) bond motifs is 1. The van der Waals surface area contributed by atoms with E-state index < -0.39 is 15.9 Å². The lowest BCUT2D eigenvalue weighted by atomic mass is 10.2. The largest absolute Gasteiger partial charge is 0.312 e. The normalized spacial score (nSPS) is 12.6. The Hall–Kier alpha value is -2.26. The first-order valence-corrected chi connectivity index (χ1v) is 12.5. The third-order valence-corrected chi connectivity index (χ3v) is 7.94. The molecule has 3 rings (SSSR count). The van der Waals surface area contributed by atoms with Crippen LogP contribution in [-0.4, -0.2) is 36.8 Å². The van der Waals surface area contributed by atoms with Gasteiger partial charge in [0.15, 0.2) is 4.80 Å². The van der Waals surface area contributed by atoms with Crippen molar-refractivity contribution in [2.75, 3.05) is 13.6 Å². The number of benzene rings is 2. The van der Waals surface area contributed by atoms with Gasteiger partial charge in [0, 0.05) is 30.7 Å². The van der Waals surface area contributed by atoms with Crippen LogP contribution in [0, 0.1) is 0 Å². The van der Waals surface area contributed by atoms with E-state index in [0.29, 0.717) is 28.5 Å². The molecule has 0 saturated carbocycles. The quantitative estimate of drug-likeness (QED) is 0.441. The first-order chi connectivity index (χ1) is 14.8. The van der Waals surface area contributed by atoms with Gasteiger partial charge in [-0.2, -0.15) is 4.99 Å². The summed E-state index contributed by atoms with van der Waals surface area (Å²) < 4.78 is 29.4. The van der Waals surface area contributed by atoms with Crippen molar-refractivity contribution in [2.24, 2.45) is 4.99 Å². The van der Waals surface area contributed by atoms with E-state index >= 15 is 0 Å². The standard InChI is InChI=1S/C22H24ClN3O3S2/c1-4-6-14-25(3)31(28,29)18-10-7-16(8-11-18)21(27)24-22-26(13-5-2)19-12-9-17(23)15-20(19)30-22/h5,7-12,15H,2,4,6,13-14H2,1,3H3. The fraction of sp³-hybridized carbons (Fsp3) is 0.273. The molecule has 3 aromatic rings. The average molecular weight is 478 g/mol. The maximum Gasteiger partial charge on any atom is 0.279 e. The summed E-state index contributed by atoms with van der Waals surface area (Å²) in [6.07, 6.45) is 3.43. The van der Waals surface area contributed by atoms with Gasteiger partial charge in [0.25, 0.3) is 5.91 Å². The van der Waals surface area contributed by atoms with Gasteiger partial charge >= 0.3 is 0 Å². The van der Waals surface area contributed by atoms with Crippen molar-refractivity contribution in [1.29, 1.82) is 0 Å². The minimum Gasteiger partial charge on any atom is -0.312 e. The SMILES string of the molecule is C=CCn1c(=NC(=O)c2ccc(S(=O)(=O)N(C)CCCC)cc2)sc2cc(Cl)ccc21. The number of hydrogen-bond donors (Lipinski definition) is 0. The second-order valence-corrected chi connectivity index (χ2v) is 10.5. The van der Waals surface area contributed by atoms with Gasteiger partial charge in [0.05, 0.1) is 15.1 Å². The van der Waals surface area contributed by atoms with E-state index in [9.17, 15) is 13.2 Å². The van der Waals surface area contributed by atoms with E-state index in [0.717, 1.165) is 23.1 Å². The number of hydrogen-bond acceptors (Lipinski definition) is 4. The van der Waals surface area contributed by atoms with Gasteiger partial charge in [0.2, 0.25) is 10.0 Å². The van der Waals surface area contributed by atoms with Crippen LogP contribution in [0.2, 0.25) is 5.02 Å². The Morgan fingerprint density at radius 3 is 2.61 bits per heavy atom. The molecule has 6 nitrogen and oxygen atoms in total. The number of allylic oxidation sites excluding steroid dienone is 1. The van der Waals surface area contributed by atoms with E-state index in [-0.39, 0.29) is 4.90 Å². The molecule has 1 amide bonds. The van der Waals surface area contributed by atoms with Crippen LogP contribution < -0.4 is 4.80 Å². The molecule has 0 atom stereocenters. The third-order valence-electron chi connectivity index (χ3n) is 4.79. The lowest BCUT2D eigenvalue weighted by Crippen LogP contribution is -2.27. The van der Waals surface area contributed by atoms with Crippen molar-refractivity contribution in [2.45, 2.75) is 31.2 Å². The second-order valence-electron chi connectivity index (χ2n) is 7.02.